The molecule has 1 aliphatic heterocycles. The number of hydrogen-bond donors (Lipinski definition) is 1. The molecular formula is C31H40N2. The molecule has 2 heteroatoms. The van der Waals surface area contributed by atoms with Crippen LogP contribution in [0.15, 0.2) is 90.6 Å². The van der Waals surface area contributed by atoms with Gasteiger partial charge in [0.2, 0.25) is 0 Å². The van der Waals surface area contributed by atoms with Crippen LogP contribution in [0.2, 0.25) is 0 Å². The van der Waals surface area contributed by atoms with Gasteiger partial charge in [-0.1, -0.05) is 90.5 Å². The Morgan fingerprint density at radius 2 is 1.70 bits per heavy atom. The third kappa shape index (κ3) is 7.40. The second kappa shape index (κ2) is 12.5. The monoisotopic (exact) mass is 440 g/mol. The molecule has 33 heavy (non-hydrogen) atoms. The average Bonchev–Trinajstić information content (AvgIpc) is 2.83. The summed E-state index contributed by atoms with van der Waals surface area (Å²) in [6.45, 7) is 13.8. The van der Waals surface area contributed by atoms with Gasteiger partial charge in [-0.25, -0.2) is 0 Å². The summed E-state index contributed by atoms with van der Waals surface area (Å²) in [6.07, 6.45) is 10.7. The van der Waals surface area contributed by atoms with Gasteiger partial charge in [0.1, 0.15) is 0 Å². The minimum absolute atomic E-state index is 0.373. The lowest BCUT2D eigenvalue weighted by Crippen LogP contribution is -2.37. The molecule has 2 aromatic carbocycles. The highest BCUT2D eigenvalue weighted by Crippen LogP contribution is 2.32. The molecule has 0 saturated carbocycles. The predicted octanol–water partition coefficient (Wildman–Crippen LogP) is 7.72. The summed E-state index contributed by atoms with van der Waals surface area (Å²) in [5.41, 5.74) is 7.47. The van der Waals surface area contributed by atoms with Gasteiger partial charge in [-0.05, 0) is 82.2 Å². The maximum Gasteiger partial charge on any atom is 0.0236 e. The quantitative estimate of drug-likeness (QED) is 0.297. The first-order chi connectivity index (χ1) is 16.0. The van der Waals surface area contributed by atoms with Gasteiger partial charge in [0.25, 0.3) is 0 Å². The van der Waals surface area contributed by atoms with Crippen molar-refractivity contribution >= 4 is 5.71 Å². The van der Waals surface area contributed by atoms with Crippen LogP contribution in [0.25, 0.3) is 0 Å². The molecule has 0 radical (unpaired) electrons. The number of piperidine rings is 1. The molecule has 0 aliphatic carbocycles. The fourth-order valence-electron chi connectivity index (χ4n) is 4.75. The van der Waals surface area contributed by atoms with E-state index in [0.29, 0.717) is 11.8 Å². The lowest BCUT2D eigenvalue weighted by atomic mass is 9.85. The van der Waals surface area contributed by atoms with E-state index in [2.05, 4.69) is 98.2 Å². The van der Waals surface area contributed by atoms with Crippen molar-refractivity contribution in [1.29, 1.82) is 5.41 Å². The van der Waals surface area contributed by atoms with Gasteiger partial charge in [-0.15, -0.1) is 0 Å². The standard InChI is InChI=1S/C31H40N2/c1-5-6-10-30(23-33-21-19-27(20-22-33)26(4)32)25(3)15-18-31(28-11-8-7-9-12-28)29-16-13-24(2)14-17-29/h5-14,16-17,27,31-32H,3,15,18-23H2,1-2,4H3. The first kappa shape index (κ1) is 24.9. The van der Waals surface area contributed by atoms with Crippen LogP contribution < -0.4 is 0 Å². The Morgan fingerprint density at radius 3 is 2.30 bits per heavy atom. The van der Waals surface area contributed by atoms with Crippen LogP contribution in [-0.2, 0) is 0 Å². The van der Waals surface area contributed by atoms with Gasteiger partial charge >= 0.3 is 0 Å². The number of allylic oxidation sites excluding steroid dienone is 3. The molecule has 1 unspecified atom stereocenters. The van der Waals surface area contributed by atoms with E-state index in [1.807, 2.05) is 6.92 Å². The Balaban J connectivity index is 1.69. The zero-order chi connectivity index (χ0) is 23.6. The molecule has 1 N–H and O–H groups in total. The average molecular weight is 441 g/mol. The van der Waals surface area contributed by atoms with E-state index in [1.165, 1.54) is 27.8 Å². The van der Waals surface area contributed by atoms with Gasteiger partial charge in [0.15, 0.2) is 0 Å². The summed E-state index contributed by atoms with van der Waals surface area (Å²) in [7, 11) is 0. The number of likely N-dealkylation sites (tertiary alicyclic amines) is 1. The lowest BCUT2D eigenvalue weighted by Gasteiger charge is -2.32. The van der Waals surface area contributed by atoms with Crippen molar-refractivity contribution in [2.75, 3.05) is 19.6 Å². The Labute approximate surface area is 201 Å². The Morgan fingerprint density at radius 1 is 1.06 bits per heavy atom. The second-order valence-electron chi connectivity index (χ2n) is 9.47. The first-order valence-corrected chi connectivity index (χ1v) is 12.4. The molecule has 1 saturated heterocycles. The minimum Gasteiger partial charge on any atom is -0.310 e. The molecule has 3 rings (SSSR count). The summed E-state index contributed by atoms with van der Waals surface area (Å²) < 4.78 is 0. The number of rotatable bonds is 10. The normalized spacial score (nSPS) is 16.8. The van der Waals surface area contributed by atoms with Crippen LogP contribution in [0.3, 0.4) is 0 Å². The highest BCUT2D eigenvalue weighted by Gasteiger charge is 2.22. The number of aryl methyl sites for hydroxylation is 1. The maximum atomic E-state index is 7.95. The smallest absolute Gasteiger partial charge is 0.0236 e. The van der Waals surface area contributed by atoms with Crippen LogP contribution in [-0.4, -0.2) is 30.2 Å². The molecule has 174 valence electrons. The molecule has 2 aromatic rings. The van der Waals surface area contributed by atoms with Crippen LogP contribution in [0.5, 0.6) is 0 Å². The molecule has 0 aromatic heterocycles. The summed E-state index contributed by atoms with van der Waals surface area (Å²) in [5, 5.41) is 7.95. The second-order valence-corrected chi connectivity index (χ2v) is 9.47. The summed E-state index contributed by atoms with van der Waals surface area (Å²) >= 11 is 0. The largest absolute Gasteiger partial charge is 0.310 e. The van der Waals surface area contributed by atoms with Gasteiger partial charge < -0.3 is 5.41 Å². The number of nitrogens with one attached hydrogen (secondary N) is 1. The zero-order valence-electron chi connectivity index (χ0n) is 20.7. The Bertz CT molecular complexity index is 958. The van der Waals surface area contributed by atoms with E-state index in [4.69, 9.17) is 5.41 Å². The van der Waals surface area contributed by atoms with Crippen molar-refractivity contribution in [3.63, 3.8) is 0 Å². The summed E-state index contributed by atoms with van der Waals surface area (Å²) in [6, 6.07) is 19.9. The van der Waals surface area contributed by atoms with Crippen molar-refractivity contribution in [3.05, 3.63) is 107 Å². The number of hydrogen-bond acceptors (Lipinski definition) is 2. The predicted molar refractivity (Wildman–Crippen MR) is 143 cm³/mol. The first-order valence-electron chi connectivity index (χ1n) is 12.4. The molecule has 1 fully saturated rings. The van der Waals surface area contributed by atoms with Crippen molar-refractivity contribution in [2.45, 2.75) is 52.4 Å². The van der Waals surface area contributed by atoms with Crippen molar-refractivity contribution in [3.8, 4) is 0 Å². The molecule has 1 heterocycles. The Kier molecular flexibility index (Phi) is 9.45. The van der Waals surface area contributed by atoms with E-state index >= 15 is 0 Å². The fraction of sp³-hybridized carbons (Fsp3) is 0.387. The van der Waals surface area contributed by atoms with E-state index in [1.54, 1.807) is 0 Å². The van der Waals surface area contributed by atoms with Gasteiger partial charge in [0, 0.05) is 18.2 Å². The van der Waals surface area contributed by atoms with E-state index in [-0.39, 0.29) is 0 Å². The fourth-order valence-corrected chi connectivity index (χ4v) is 4.75. The Hall–Kier alpha value is -2.71. The molecule has 2 nitrogen and oxygen atoms in total. The highest BCUT2D eigenvalue weighted by atomic mass is 15.1. The third-order valence-electron chi connectivity index (χ3n) is 6.95. The molecular weight excluding hydrogens is 400 g/mol. The van der Waals surface area contributed by atoms with Crippen LogP contribution in [0.1, 0.15) is 62.1 Å². The number of nitrogens with zero attached hydrogens (tertiary/aromatic N) is 1. The van der Waals surface area contributed by atoms with Gasteiger partial charge in [-0.3, -0.25) is 4.90 Å². The molecule has 0 amide bonds. The highest BCUT2D eigenvalue weighted by molar-refractivity contribution is 5.81. The number of benzene rings is 2. The maximum absolute atomic E-state index is 7.95. The summed E-state index contributed by atoms with van der Waals surface area (Å²) in [5.74, 6) is 0.839. The summed E-state index contributed by atoms with van der Waals surface area (Å²) in [4.78, 5) is 2.54. The van der Waals surface area contributed by atoms with E-state index < -0.39 is 0 Å². The van der Waals surface area contributed by atoms with Crippen LogP contribution in [0.4, 0.5) is 0 Å². The molecule has 0 spiro atoms. The molecule has 1 aliphatic rings. The molecule has 0 bridgehead atoms. The van der Waals surface area contributed by atoms with E-state index in [0.717, 1.165) is 51.0 Å². The van der Waals surface area contributed by atoms with Gasteiger partial charge in [-0.2, -0.15) is 0 Å². The van der Waals surface area contributed by atoms with Crippen LogP contribution in [0, 0.1) is 18.3 Å². The van der Waals surface area contributed by atoms with Crippen LogP contribution >= 0.6 is 0 Å². The third-order valence-corrected chi connectivity index (χ3v) is 6.95. The van der Waals surface area contributed by atoms with Gasteiger partial charge in [0.05, 0.1) is 0 Å². The lowest BCUT2D eigenvalue weighted by molar-refractivity contribution is 0.225. The zero-order valence-corrected chi connectivity index (χ0v) is 20.7. The van der Waals surface area contributed by atoms with E-state index in [9.17, 15) is 0 Å². The van der Waals surface area contributed by atoms with Crippen molar-refractivity contribution in [2.24, 2.45) is 5.92 Å². The molecule has 1 atom stereocenters. The topological polar surface area (TPSA) is 27.1 Å². The SMILES string of the molecule is C=C(CCC(c1ccccc1)c1ccc(C)cc1)C(=CC=CC)CN1CCC(C(C)=N)CC1. The minimum atomic E-state index is 0.373. The van der Waals surface area contributed by atoms with Crippen molar-refractivity contribution < 1.29 is 0 Å². The van der Waals surface area contributed by atoms with Crippen molar-refractivity contribution in [1.82, 2.24) is 4.90 Å².